The lowest BCUT2D eigenvalue weighted by Crippen LogP contribution is -2.32. The topological polar surface area (TPSA) is 84.2 Å². The average Bonchev–Trinajstić information content (AvgIpc) is 2.96. The number of carbonyl (C=O) groups excluding carboxylic acids is 2. The second kappa shape index (κ2) is 7.93. The van der Waals surface area contributed by atoms with Crippen molar-refractivity contribution in [3.63, 3.8) is 0 Å². The van der Waals surface area contributed by atoms with Crippen molar-refractivity contribution >= 4 is 23.2 Å². The summed E-state index contributed by atoms with van der Waals surface area (Å²) in [6, 6.07) is 11.3. The number of rotatable bonds is 6. The van der Waals surface area contributed by atoms with E-state index in [1.807, 2.05) is 37.3 Å². The molecule has 1 aromatic carbocycles. The zero-order valence-electron chi connectivity index (χ0n) is 13.1. The molecule has 2 N–H and O–H groups in total. The Morgan fingerprint density at radius 1 is 1.26 bits per heavy atom. The summed E-state index contributed by atoms with van der Waals surface area (Å²) in [7, 11) is 0. The average molecular weight is 313 g/mol. The first kappa shape index (κ1) is 16.5. The predicted molar refractivity (Wildman–Crippen MR) is 87.6 cm³/mol. The highest BCUT2D eigenvalue weighted by atomic mass is 16.5. The monoisotopic (exact) mass is 313 g/mol. The van der Waals surface area contributed by atoms with Crippen molar-refractivity contribution in [3.05, 3.63) is 53.8 Å². The van der Waals surface area contributed by atoms with Gasteiger partial charge in [-0.05, 0) is 24.5 Å². The number of allylic oxidation sites excluding steroid dienone is 1. The third-order valence-electron chi connectivity index (χ3n) is 3.15. The highest BCUT2D eigenvalue weighted by Gasteiger charge is 2.08. The van der Waals surface area contributed by atoms with Crippen molar-refractivity contribution in [2.24, 2.45) is 0 Å². The standard InChI is InChI=1S/C17H19N3O3/c1-3-13(14-7-5-4-6-8-14)10-16(21)18-11-17(22)19-15-9-12(2)23-20-15/h4-10H,3,11H2,1-2H3,(H,18,21)(H,19,20,22)/b13-10+. The van der Waals surface area contributed by atoms with Crippen LogP contribution in [0.1, 0.15) is 24.7 Å². The third kappa shape index (κ3) is 5.10. The van der Waals surface area contributed by atoms with Crippen molar-refractivity contribution in [1.29, 1.82) is 0 Å². The van der Waals surface area contributed by atoms with E-state index in [0.717, 1.165) is 17.6 Å². The quantitative estimate of drug-likeness (QED) is 0.803. The predicted octanol–water partition coefficient (Wildman–Crippen LogP) is 2.53. The van der Waals surface area contributed by atoms with Gasteiger partial charge in [0.2, 0.25) is 11.8 Å². The maximum atomic E-state index is 11.9. The van der Waals surface area contributed by atoms with Gasteiger partial charge in [-0.15, -0.1) is 0 Å². The van der Waals surface area contributed by atoms with Gasteiger partial charge in [0, 0.05) is 12.1 Å². The van der Waals surface area contributed by atoms with E-state index in [-0.39, 0.29) is 18.4 Å². The maximum absolute atomic E-state index is 11.9. The molecule has 0 aliphatic carbocycles. The second-order valence-electron chi connectivity index (χ2n) is 4.98. The second-order valence-corrected chi connectivity index (χ2v) is 4.98. The molecule has 0 fully saturated rings. The molecule has 1 aromatic heterocycles. The van der Waals surface area contributed by atoms with E-state index in [4.69, 9.17) is 4.52 Å². The number of hydrogen-bond donors (Lipinski definition) is 2. The van der Waals surface area contributed by atoms with Crippen LogP contribution in [0, 0.1) is 6.92 Å². The Kier molecular flexibility index (Phi) is 5.68. The van der Waals surface area contributed by atoms with Crippen molar-refractivity contribution in [2.45, 2.75) is 20.3 Å². The summed E-state index contributed by atoms with van der Waals surface area (Å²) >= 11 is 0. The van der Waals surface area contributed by atoms with Gasteiger partial charge in [-0.1, -0.05) is 42.4 Å². The van der Waals surface area contributed by atoms with Crippen LogP contribution in [-0.4, -0.2) is 23.5 Å². The molecular formula is C17H19N3O3. The van der Waals surface area contributed by atoms with Crippen LogP contribution >= 0.6 is 0 Å². The maximum Gasteiger partial charge on any atom is 0.245 e. The van der Waals surface area contributed by atoms with Crippen molar-refractivity contribution in [3.8, 4) is 0 Å². The first-order valence-corrected chi connectivity index (χ1v) is 7.35. The fraction of sp³-hybridized carbons (Fsp3) is 0.235. The van der Waals surface area contributed by atoms with E-state index >= 15 is 0 Å². The summed E-state index contributed by atoms with van der Waals surface area (Å²) in [5.41, 5.74) is 1.91. The van der Waals surface area contributed by atoms with Gasteiger partial charge in [0.1, 0.15) is 5.76 Å². The lowest BCUT2D eigenvalue weighted by atomic mass is 10.0. The van der Waals surface area contributed by atoms with E-state index in [9.17, 15) is 9.59 Å². The molecule has 6 nitrogen and oxygen atoms in total. The fourth-order valence-electron chi connectivity index (χ4n) is 2.03. The molecule has 0 aliphatic heterocycles. The lowest BCUT2D eigenvalue weighted by molar-refractivity contribution is -0.121. The largest absolute Gasteiger partial charge is 0.360 e. The van der Waals surface area contributed by atoms with Crippen LogP contribution in [0.15, 0.2) is 47.0 Å². The Morgan fingerprint density at radius 3 is 2.61 bits per heavy atom. The van der Waals surface area contributed by atoms with Gasteiger partial charge in [0.25, 0.3) is 0 Å². The van der Waals surface area contributed by atoms with Gasteiger partial charge < -0.3 is 15.2 Å². The lowest BCUT2D eigenvalue weighted by Gasteiger charge is -2.06. The number of hydrogen-bond acceptors (Lipinski definition) is 4. The summed E-state index contributed by atoms with van der Waals surface area (Å²) < 4.78 is 4.85. The van der Waals surface area contributed by atoms with Gasteiger partial charge in [-0.25, -0.2) is 0 Å². The SMILES string of the molecule is CC/C(=C\C(=O)NCC(=O)Nc1cc(C)on1)c1ccccc1. The zero-order chi connectivity index (χ0) is 16.7. The van der Waals surface area contributed by atoms with Crippen molar-refractivity contribution in [2.75, 3.05) is 11.9 Å². The number of carbonyl (C=O) groups is 2. The molecule has 0 bridgehead atoms. The Bertz CT molecular complexity index is 705. The molecule has 1 heterocycles. The Morgan fingerprint density at radius 2 is 2.00 bits per heavy atom. The first-order chi connectivity index (χ1) is 11.1. The molecule has 0 spiro atoms. The number of anilines is 1. The summed E-state index contributed by atoms with van der Waals surface area (Å²) in [6.07, 6.45) is 2.24. The van der Waals surface area contributed by atoms with Gasteiger partial charge in [0.15, 0.2) is 5.82 Å². The van der Waals surface area contributed by atoms with Crippen LogP contribution in [0.3, 0.4) is 0 Å². The van der Waals surface area contributed by atoms with Gasteiger partial charge in [-0.3, -0.25) is 9.59 Å². The molecular weight excluding hydrogens is 294 g/mol. The van der Waals surface area contributed by atoms with Gasteiger partial charge >= 0.3 is 0 Å². The van der Waals surface area contributed by atoms with E-state index in [1.54, 1.807) is 13.0 Å². The summed E-state index contributed by atoms with van der Waals surface area (Å²) in [5.74, 6) is 0.258. The third-order valence-corrected chi connectivity index (χ3v) is 3.15. The molecule has 6 heteroatoms. The molecule has 23 heavy (non-hydrogen) atoms. The summed E-state index contributed by atoms with van der Waals surface area (Å²) in [6.45, 7) is 3.57. The van der Waals surface area contributed by atoms with Gasteiger partial charge in [0.05, 0.1) is 6.54 Å². The van der Waals surface area contributed by atoms with E-state index in [0.29, 0.717) is 11.6 Å². The highest BCUT2D eigenvalue weighted by Crippen LogP contribution is 2.16. The molecule has 0 saturated heterocycles. The van der Waals surface area contributed by atoms with Crippen molar-refractivity contribution < 1.29 is 14.1 Å². The van der Waals surface area contributed by atoms with Gasteiger partial charge in [-0.2, -0.15) is 0 Å². The molecule has 0 saturated carbocycles. The number of benzene rings is 1. The minimum atomic E-state index is -0.363. The Balaban J connectivity index is 1.88. The van der Waals surface area contributed by atoms with Crippen LogP contribution in [0.2, 0.25) is 0 Å². The number of aromatic nitrogens is 1. The molecule has 2 aromatic rings. The molecule has 120 valence electrons. The molecule has 0 unspecified atom stereocenters. The Hall–Kier alpha value is -2.89. The molecule has 0 radical (unpaired) electrons. The first-order valence-electron chi connectivity index (χ1n) is 7.35. The van der Waals surface area contributed by atoms with Crippen LogP contribution in [-0.2, 0) is 9.59 Å². The minimum absolute atomic E-state index is 0.132. The smallest absolute Gasteiger partial charge is 0.245 e. The number of aryl methyl sites for hydroxylation is 1. The van der Waals surface area contributed by atoms with Crippen LogP contribution in [0.4, 0.5) is 5.82 Å². The van der Waals surface area contributed by atoms with E-state index in [2.05, 4.69) is 15.8 Å². The van der Waals surface area contributed by atoms with E-state index < -0.39 is 0 Å². The van der Waals surface area contributed by atoms with Crippen molar-refractivity contribution in [1.82, 2.24) is 10.5 Å². The number of nitrogens with one attached hydrogen (secondary N) is 2. The normalized spacial score (nSPS) is 11.1. The minimum Gasteiger partial charge on any atom is -0.360 e. The Labute approximate surface area is 134 Å². The van der Waals surface area contributed by atoms with Crippen LogP contribution in [0.25, 0.3) is 5.57 Å². The summed E-state index contributed by atoms with van der Waals surface area (Å²) in [4.78, 5) is 23.7. The fourth-order valence-corrected chi connectivity index (χ4v) is 2.03. The number of nitrogens with zero attached hydrogens (tertiary/aromatic N) is 1. The zero-order valence-corrected chi connectivity index (χ0v) is 13.1. The number of amides is 2. The molecule has 2 rings (SSSR count). The van der Waals surface area contributed by atoms with Crippen LogP contribution in [0.5, 0.6) is 0 Å². The van der Waals surface area contributed by atoms with E-state index in [1.165, 1.54) is 6.08 Å². The molecule has 0 aliphatic rings. The molecule has 2 amide bonds. The molecule has 0 atom stereocenters. The summed E-state index contributed by atoms with van der Waals surface area (Å²) in [5, 5.41) is 8.75. The van der Waals surface area contributed by atoms with Crippen LogP contribution < -0.4 is 10.6 Å². The highest BCUT2D eigenvalue weighted by molar-refractivity contribution is 5.99.